The zero-order valence-corrected chi connectivity index (χ0v) is 15.6. The lowest BCUT2D eigenvalue weighted by Crippen LogP contribution is -2.52. The van der Waals surface area contributed by atoms with Crippen LogP contribution >= 0.6 is 0 Å². The predicted molar refractivity (Wildman–Crippen MR) is 98.8 cm³/mol. The highest BCUT2D eigenvalue weighted by atomic mass is 16.5. The summed E-state index contributed by atoms with van der Waals surface area (Å²) < 4.78 is 16.1. The van der Waals surface area contributed by atoms with Gasteiger partial charge < -0.3 is 24.6 Å². The minimum absolute atomic E-state index is 0.0579. The van der Waals surface area contributed by atoms with Crippen molar-refractivity contribution in [3.63, 3.8) is 0 Å². The van der Waals surface area contributed by atoms with Gasteiger partial charge in [0.2, 0.25) is 5.75 Å². The maximum absolute atomic E-state index is 12.7. The summed E-state index contributed by atoms with van der Waals surface area (Å²) in [6.07, 6.45) is 9.69. The van der Waals surface area contributed by atoms with E-state index >= 15 is 0 Å². The first-order valence-electron chi connectivity index (χ1n) is 8.80. The molecule has 1 unspecified atom stereocenters. The molecule has 1 fully saturated rings. The lowest BCUT2D eigenvalue weighted by atomic mass is 9.80. The number of terminal acetylenes is 1. The molecule has 1 aromatic carbocycles. The quantitative estimate of drug-likeness (QED) is 0.730. The molecule has 1 aromatic rings. The SMILES string of the molecule is C#CCOc1c(OC)cc(C(=O)NC(C)C2(O)CCCCC2)cc1OC. The highest BCUT2D eigenvalue weighted by Crippen LogP contribution is 2.38. The molecule has 6 nitrogen and oxygen atoms in total. The van der Waals surface area contributed by atoms with E-state index in [1.165, 1.54) is 14.2 Å². The monoisotopic (exact) mass is 361 g/mol. The van der Waals surface area contributed by atoms with E-state index in [9.17, 15) is 9.90 Å². The van der Waals surface area contributed by atoms with Crippen molar-refractivity contribution in [3.05, 3.63) is 17.7 Å². The van der Waals surface area contributed by atoms with Crippen LogP contribution in [0.5, 0.6) is 17.2 Å². The third-order valence-corrected chi connectivity index (χ3v) is 4.90. The first kappa shape index (κ1) is 19.9. The maximum Gasteiger partial charge on any atom is 0.251 e. The number of methoxy groups -OCH3 is 2. The number of benzene rings is 1. The summed E-state index contributed by atoms with van der Waals surface area (Å²) in [6, 6.07) is 2.78. The molecule has 0 aliphatic heterocycles. The fourth-order valence-electron chi connectivity index (χ4n) is 3.28. The second kappa shape index (κ2) is 8.81. The number of rotatable bonds is 7. The number of nitrogens with one attached hydrogen (secondary N) is 1. The molecule has 1 atom stereocenters. The largest absolute Gasteiger partial charge is 0.493 e. The molecule has 1 saturated carbocycles. The number of hydrogen-bond acceptors (Lipinski definition) is 5. The zero-order chi connectivity index (χ0) is 19.2. The van der Waals surface area contributed by atoms with Crippen molar-refractivity contribution in [2.45, 2.75) is 50.7 Å². The molecule has 0 spiro atoms. The molecule has 26 heavy (non-hydrogen) atoms. The van der Waals surface area contributed by atoms with E-state index in [1.807, 2.05) is 6.92 Å². The Labute approximate surface area is 154 Å². The van der Waals surface area contributed by atoms with E-state index in [4.69, 9.17) is 20.6 Å². The Kier molecular flexibility index (Phi) is 6.76. The molecule has 2 N–H and O–H groups in total. The molecular weight excluding hydrogens is 334 g/mol. The van der Waals surface area contributed by atoms with Crippen LogP contribution < -0.4 is 19.5 Å². The lowest BCUT2D eigenvalue weighted by Gasteiger charge is -2.37. The van der Waals surface area contributed by atoms with Crippen molar-refractivity contribution < 1.29 is 24.1 Å². The predicted octanol–water partition coefficient (Wildman–Crippen LogP) is 2.53. The van der Waals surface area contributed by atoms with Gasteiger partial charge in [-0.15, -0.1) is 6.42 Å². The van der Waals surface area contributed by atoms with E-state index in [0.717, 1.165) is 19.3 Å². The second-order valence-electron chi connectivity index (χ2n) is 6.56. The van der Waals surface area contributed by atoms with Crippen molar-refractivity contribution in [2.75, 3.05) is 20.8 Å². The summed E-state index contributed by atoms with van der Waals surface area (Å²) in [7, 11) is 2.96. The molecule has 1 aliphatic carbocycles. The molecule has 0 bridgehead atoms. The molecule has 0 heterocycles. The Morgan fingerprint density at radius 3 is 2.35 bits per heavy atom. The molecular formula is C20H27NO5. The van der Waals surface area contributed by atoms with Gasteiger partial charge in [-0.2, -0.15) is 0 Å². The fraction of sp³-hybridized carbons (Fsp3) is 0.550. The Balaban J connectivity index is 2.21. The van der Waals surface area contributed by atoms with E-state index in [-0.39, 0.29) is 18.6 Å². The van der Waals surface area contributed by atoms with Crippen LogP contribution in [0.25, 0.3) is 0 Å². The highest BCUT2D eigenvalue weighted by molar-refractivity contribution is 5.95. The van der Waals surface area contributed by atoms with Crippen LogP contribution in [0.2, 0.25) is 0 Å². The van der Waals surface area contributed by atoms with Gasteiger partial charge in [-0.05, 0) is 31.9 Å². The molecule has 1 amide bonds. The van der Waals surface area contributed by atoms with Crippen molar-refractivity contribution in [1.82, 2.24) is 5.32 Å². The molecule has 0 radical (unpaired) electrons. The summed E-state index contributed by atoms with van der Waals surface area (Å²) in [4.78, 5) is 12.7. The van der Waals surface area contributed by atoms with Gasteiger partial charge in [0.25, 0.3) is 5.91 Å². The molecule has 142 valence electrons. The standard InChI is InChI=1S/C20H27NO5/c1-5-11-26-18-16(24-3)12-15(13-17(18)25-4)19(22)21-14(2)20(23)9-7-6-8-10-20/h1,12-14,23H,6-11H2,2-4H3,(H,21,22). The van der Waals surface area contributed by atoms with Gasteiger partial charge in [-0.1, -0.05) is 25.2 Å². The minimum atomic E-state index is -0.863. The number of amides is 1. The summed E-state index contributed by atoms with van der Waals surface area (Å²) in [5, 5.41) is 13.7. The van der Waals surface area contributed by atoms with Gasteiger partial charge in [0.05, 0.1) is 25.9 Å². The van der Waals surface area contributed by atoms with Crippen LogP contribution in [0.15, 0.2) is 12.1 Å². The average molecular weight is 361 g/mol. The molecule has 0 aromatic heterocycles. The van der Waals surface area contributed by atoms with Crippen LogP contribution in [-0.2, 0) is 0 Å². The fourth-order valence-corrected chi connectivity index (χ4v) is 3.28. The lowest BCUT2D eigenvalue weighted by molar-refractivity contribution is -0.0235. The van der Waals surface area contributed by atoms with E-state index < -0.39 is 5.60 Å². The van der Waals surface area contributed by atoms with Gasteiger partial charge in [0.15, 0.2) is 11.5 Å². The van der Waals surface area contributed by atoms with Crippen molar-refractivity contribution in [1.29, 1.82) is 0 Å². The highest BCUT2D eigenvalue weighted by Gasteiger charge is 2.36. The third-order valence-electron chi connectivity index (χ3n) is 4.90. The zero-order valence-electron chi connectivity index (χ0n) is 15.6. The summed E-state index contributed by atoms with van der Waals surface area (Å²) in [5.74, 6) is 3.13. The van der Waals surface area contributed by atoms with Crippen LogP contribution in [0.4, 0.5) is 0 Å². The van der Waals surface area contributed by atoms with E-state index in [0.29, 0.717) is 35.7 Å². The second-order valence-corrected chi connectivity index (χ2v) is 6.56. The third kappa shape index (κ3) is 4.41. The van der Waals surface area contributed by atoms with Crippen LogP contribution in [0.1, 0.15) is 49.4 Å². The normalized spacial score (nSPS) is 16.9. The first-order valence-corrected chi connectivity index (χ1v) is 8.80. The summed E-state index contributed by atoms with van der Waals surface area (Å²) in [6.45, 7) is 1.89. The van der Waals surface area contributed by atoms with Gasteiger partial charge >= 0.3 is 0 Å². The summed E-state index contributed by atoms with van der Waals surface area (Å²) in [5.41, 5.74) is -0.504. The summed E-state index contributed by atoms with van der Waals surface area (Å²) >= 11 is 0. The van der Waals surface area contributed by atoms with E-state index in [2.05, 4.69) is 11.2 Å². The Morgan fingerprint density at radius 2 is 1.85 bits per heavy atom. The smallest absolute Gasteiger partial charge is 0.251 e. The van der Waals surface area contributed by atoms with Gasteiger partial charge in [0.1, 0.15) is 6.61 Å². The molecule has 6 heteroatoms. The van der Waals surface area contributed by atoms with Crippen LogP contribution in [0, 0.1) is 12.3 Å². The van der Waals surface area contributed by atoms with Crippen molar-refractivity contribution in [3.8, 4) is 29.6 Å². The van der Waals surface area contributed by atoms with Gasteiger partial charge in [-0.3, -0.25) is 4.79 Å². The van der Waals surface area contributed by atoms with Crippen molar-refractivity contribution >= 4 is 5.91 Å². The van der Waals surface area contributed by atoms with Gasteiger partial charge in [-0.25, -0.2) is 0 Å². The maximum atomic E-state index is 12.7. The van der Waals surface area contributed by atoms with Crippen molar-refractivity contribution in [2.24, 2.45) is 0 Å². The minimum Gasteiger partial charge on any atom is -0.493 e. The van der Waals surface area contributed by atoms with E-state index in [1.54, 1.807) is 12.1 Å². The number of carbonyl (C=O) groups is 1. The molecule has 0 saturated heterocycles. The number of aliphatic hydroxyl groups is 1. The number of carbonyl (C=O) groups excluding carboxylic acids is 1. The topological polar surface area (TPSA) is 77.0 Å². The van der Waals surface area contributed by atoms with Crippen LogP contribution in [-0.4, -0.2) is 43.5 Å². The Morgan fingerprint density at radius 1 is 1.27 bits per heavy atom. The average Bonchev–Trinajstić information content (AvgIpc) is 2.66. The first-order chi connectivity index (χ1) is 12.4. The Hall–Kier alpha value is -2.39. The molecule has 1 aliphatic rings. The van der Waals surface area contributed by atoms with Crippen LogP contribution in [0.3, 0.4) is 0 Å². The molecule has 2 rings (SSSR count). The van der Waals surface area contributed by atoms with Gasteiger partial charge in [0, 0.05) is 5.56 Å². The number of hydrogen-bond donors (Lipinski definition) is 2. The Bertz CT molecular complexity index is 648. The number of ether oxygens (including phenoxy) is 3.